The van der Waals surface area contributed by atoms with E-state index in [1.807, 2.05) is 24.3 Å². The van der Waals surface area contributed by atoms with Crippen molar-refractivity contribution in [3.8, 4) is 12.0 Å². The molecule has 0 aliphatic carbocycles. The van der Waals surface area contributed by atoms with Crippen molar-refractivity contribution in [2.75, 3.05) is 0 Å². The normalized spacial score (nSPS) is 11.3. The Bertz CT molecular complexity index is 384. The van der Waals surface area contributed by atoms with Crippen LogP contribution in [-0.4, -0.2) is 0 Å². The zero-order chi connectivity index (χ0) is 12.9. The number of nitrogens with zero attached hydrogens (tertiary/aromatic N) is 1. The summed E-state index contributed by atoms with van der Waals surface area (Å²) in [7, 11) is 0. The Hall–Kier alpha value is -1.49. The Morgan fingerprint density at radius 2 is 1.82 bits per heavy atom. The molecule has 0 radical (unpaired) electrons. The van der Waals surface area contributed by atoms with Gasteiger partial charge in [0.2, 0.25) is 0 Å². The maximum Gasteiger partial charge on any atom is 0.292 e. The van der Waals surface area contributed by atoms with Crippen LogP contribution in [0.15, 0.2) is 24.3 Å². The molecule has 0 aliphatic heterocycles. The minimum atomic E-state index is 0.311. The van der Waals surface area contributed by atoms with Crippen LogP contribution in [0.25, 0.3) is 0 Å². The largest absolute Gasteiger partial charge is 0.388 e. The molecular formula is C15H21NO. The molecule has 0 spiro atoms. The monoisotopic (exact) mass is 231 g/mol. The van der Waals surface area contributed by atoms with E-state index in [0.29, 0.717) is 17.1 Å². The van der Waals surface area contributed by atoms with Crippen LogP contribution in [0.1, 0.15) is 39.7 Å². The number of ether oxygens (including phenoxy) is 1. The van der Waals surface area contributed by atoms with E-state index in [1.165, 1.54) is 12.0 Å². The van der Waals surface area contributed by atoms with Crippen molar-refractivity contribution in [1.29, 1.82) is 5.26 Å². The molecule has 2 nitrogen and oxygen atoms in total. The average molecular weight is 231 g/mol. The van der Waals surface area contributed by atoms with Gasteiger partial charge in [-0.15, -0.1) is 5.26 Å². The lowest BCUT2D eigenvalue weighted by molar-refractivity contribution is 0.285. The van der Waals surface area contributed by atoms with E-state index in [2.05, 4.69) is 27.7 Å². The van der Waals surface area contributed by atoms with Crippen LogP contribution in [0, 0.1) is 22.9 Å². The van der Waals surface area contributed by atoms with E-state index in [0.717, 1.165) is 6.42 Å². The zero-order valence-electron chi connectivity index (χ0n) is 11.2. The van der Waals surface area contributed by atoms with Crippen LogP contribution >= 0.6 is 0 Å². The minimum Gasteiger partial charge on any atom is -0.388 e. The van der Waals surface area contributed by atoms with E-state index >= 15 is 0 Å². The summed E-state index contributed by atoms with van der Waals surface area (Å²) in [5.41, 5.74) is 1.60. The SMILES string of the molecule is CC(C)CC(C)(C)Cc1ccc(OC#N)cc1. The van der Waals surface area contributed by atoms with Gasteiger partial charge < -0.3 is 4.74 Å². The number of benzene rings is 1. The molecule has 0 atom stereocenters. The highest BCUT2D eigenvalue weighted by atomic mass is 16.5. The first-order valence-electron chi connectivity index (χ1n) is 6.08. The molecule has 0 saturated heterocycles. The molecule has 0 bridgehead atoms. The first-order chi connectivity index (χ1) is 7.93. The third kappa shape index (κ3) is 4.91. The third-order valence-electron chi connectivity index (χ3n) is 2.73. The second kappa shape index (κ2) is 5.72. The van der Waals surface area contributed by atoms with Crippen LogP contribution in [0.3, 0.4) is 0 Å². The van der Waals surface area contributed by atoms with E-state index < -0.39 is 0 Å². The summed E-state index contributed by atoms with van der Waals surface area (Å²) >= 11 is 0. The van der Waals surface area contributed by atoms with Gasteiger partial charge in [0.25, 0.3) is 6.26 Å². The fourth-order valence-electron chi connectivity index (χ4n) is 2.46. The third-order valence-corrected chi connectivity index (χ3v) is 2.73. The van der Waals surface area contributed by atoms with Crippen molar-refractivity contribution < 1.29 is 4.74 Å². The molecular weight excluding hydrogens is 210 g/mol. The predicted octanol–water partition coefficient (Wildman–Crippen LogP) is 4.16. The molecule has 0 amide bonds. The first kappa shape index (κ1) is 13.6. The molecule has 0 N–H and O–H groups in total. The lowest BCUT2D eigenvalue weighted by atomic mass is 9.79. The lowest BCUT2D eigenvalue weighted by Gasteiger charge is -2.26. The molecule has 1 aromatic carbocycles. The van der Waals surface area contributed by atoms with E-state index in [-0.39, 0.29) is 0 Å². The minimum absolute atomic E-state index is 0.311. The number of nitriles is 1. The van der Waals surface area contributed by atoms with Gasteiger partial charge in [0.1, 0.15) is 5.75 Å². The molecule has 0 aromatic heterocycles. The molecule has 1 aromatic rings. The second-order valence-electron chi connectivity index (χ2n) is 5.78. The number of hydrogen-bond donors (Lipinski definition) is 0. The second-order valence-corrected chi connectivity index (χ2v) is 5.78. The highest BCUT2D eigenvalue weighted by molar-refractivity contribution is 5.28. The van der Waals surface area contributed by atoms with Gasteiger partial charge in [-0.25, -0.2) is 0 Å². The molecule has 0 unspecified atom stereocenters. The van der Waals surface area contributed by atoms with Gasteiger partial charge in [0.05, 0.1) is 0 Å². The molecule has 17 heavy (non-hydrogen) atoms. The number of hydrogen-bond acceptors (Lipinski definition) is 2. The van der Waals surface area contributed by atoms with Gasteiger partial charge in [0.15, 0.2) is 0 Å². The summed E-state index contributed by atoms with van der Waals surface area (Å²) in [4.78, 5) is 0. The standard InChI is InChI=1S/C15H21NO/c1-12(2)9-15(3,4)10-13-5-7-14(8-6-13)17-11-16/h5-8,12H,9-10H2,1-4H3. The Balaban J connectivity index is 2.65. The first-order valence-corrected chi connectivity index (χ1v) is 6.08. The summed E-state index contributed by atoms with van der Waals surface area (Å²) in [6.45, 7) is 9.11. The highest BCUT2D eigenvalue weighted by Crippen LogP contribution is 2.30. The summed E-state index contributed by atoms with van der Waals surface area (Å²) in [6.07, 6.45) is 3.94. The van der Waals surface area contributed by atoms with Crippen molar-refractivity contribution >= 4 is 0 Å². The topological polar surface area (TPSA) is 33.0 Å². The molecule has 92 valence electrons. The number of rotatable bonds is 5. The maximum atomic E-state index is 8.40. The summed E-state index contributed by atoms with van der Waals surface area (Å²) in [5, 5.41) is 8.40. The van der Waals surface area contributed by atoms with Gasteiger partial charge in [-0.2, -0.15) is 0 Å². The van der Waals surface area contributed by atoms with Crippen LogP contribution in [0.4, 0.5) is 0 Å². The molecule has 0 heterocycles. The van der Waals surface area contributed by atoms with Gasteiger partial charge in [-0.3, -0.25) is 0 Å². The smallest absolute Gasteiger partial charge is 0.292 e. The van der Waals surface area contributed by atoms with Crippen molar-refractivity contribution in [1.82, 2.24) is 0 Å². The Labute approximate surface area is 104 Å². The van der Waals surface area contributed by atoms with E-state index in [1.54, 1.807) is 6.26 Å². The fourth-order valence-corrected chi connectivity index (χ4v) is 2.46. The lowest BCUT2D eigenvalue weighted by Crippen LogP contribution is -2.17. The van der Waals surface area contributed by atoms with Gasteiger partial charge >= 0.3 is 0 Å². The maximum absolute atomic E-state index is 8.40. The summed E-state index contributed by atoms with van der Waals surface area (Å²) in [5.74, 6) is 1.32. The summed E-state index contributed by atoms with van der Waals surface area (Å²) in [6, 6.07) is 7.78. The Morgan fingerprint density at radius 3 is 2.29 bits per heavy atom. The quantitative estimate of drug-likeness (QED) is 0.713. The van der Waals surface area contributed by atoms with E-state index in [9.17, 15) is 0 Å². The Kier molecular flexibility index (Phi) is 4.57. The zero-order valence-corrected chi connectivity index (χ0v) is 11.2. The Morgan fingerprint density at radius 1 is 1.24 bits per heavy atom. The molecule has 0 saturated carbocycles. The fraction of sp³-hybridized carbons (Fsp3) is 0.533. The van der Waals surface area contributed by atoms with Crippen LogP contribution in [-0.2, 0) is 6.42 Å². The van der Waals surface area contributed by atoms with Crippen molar-refractivity contribution in [3.05, 3.63) is 29.8 Å². The van der Waals surface area contributed by atoms with Gasteiger partial charge in [0, 0.05) is 0 Å². The predicted molar refractivity (Wildman–Crippen MR) is 69.6 cm³/mol. The molecule has 2 heteroatoms. The van der Waals surface area contributed by atoms with Crippen molar-refractivity contribution in [2.45, 2.75) is 40.5 Å². The van der Waals surface area contributed by atoms with E-state index in [4.69, 9.17) is 10.00 Å². The van der Waals surface area contributed by atoms with Crippen molar-refractivity contribution in [3.63, 3.8) is 0 Å². The average Bonchev–Trinajstić information content (AvgIpc) is 2.18. The molecule has 0 aliphatic rings. The van der Waals surface area contributed by atoms with Crippen LogP contribution in [0.5, 0.6) is 5.75 Å². The van der Waals surface area contributed by atoms with Gasteiger partial charge in [-0.05, 0) is 41.9 Å². The van der Waals surface area contributed by atoms with Crippen LogP contribution < -0.4 is 4.74 Å². The molecule has 1 rings (SSSR count). The van der Waals surface area contributed by atoms with Crippen molar-refractivity contribution in [2.24, 2.45) is 11.3 Å². The highest BCUT2D eigenvalue weighted by Gasteiger charge is 2.19. The summed E-state index contributed by atoms with van der Waals surface area (Å²) < 4.78 is 4.76. The van der Waals surface area contributed by atoms with Gasteiger partial charge in [-0.1, -0.05) is 39.8 Å². The molecule has 0 fully saturated rings. The van der Waals surface area contributed by atoms with Crippen LogP contribution in [0.2, 0.25) is 0 Å².